The van der Waals surface area contributed by atoms with E-state index in [0.29, 0.717) is 0 Å². The van der Waals surface area contributed by atoms with Crippen LogP contribution in [0.1, 0.15) is 16.9 Å². The number of rotatable bonds is 0. The minimum Gasteiger partial charge on any atom is -0.148 e. The van der Waals surface area contributed by atoms with Gasteiger partial charge >= 0.3 is 0 Å². The van der Waals surface area contributed by atoms with E-state index in [9.17, 15) is 0 Å². The van der Waals surface area contributed by atoms with E-state index in [1.165, 1.54) is 20.9 Å². The third kappa shape index (κ3) is 1.79. The first-order chi connectivity index (χ1) is 7.95. The molecule has 0 fully saturated rings. The summed E-state index contributed by atoms with van der Waals surface area (Å²) in [7, 11) is 0. The quantitative estimate of drug-likeness (QED) is 0.612. The summed E-state index contributed by atoms with van der Waals surface area (Å²) < 4.78 is 0. The zero-order valence-corrected chi connectivity index (χ0v) is 10.5. The summed E-state index contributed by atoms with van der Waals surface area (Å²) in [5.74, 6) is 0. The third-order valence-electron chi connectivity index (χ3n) is 2.75. The van der Waals surface area contributed by atoms with Crippen LogP contribution in [0.2, 0.25) is 0 Å². The van der Waals surface area contributed by atoms with Gasteiger partial charge in [-0.3, -0.25) is 0 Å². The van der Waals surface area contributed by atoms with Crippen molar-refractivity contribution < 1.29 is 0 Å². The second-order valence-corrected chi connectivity index (χ2v) is 5.71. The van der Waals surface area contributed by atoms with E-state index in [-0.39, 0.29) is 0 Å². The van der Waals surface area contributed by atoms with E-state index >= 15 is 0 Å². The highest BCUT2D eigenvalue weighted by Gasteiger charge is 2.11. The van der Waals surface area contributed by atoms with Gasteiger partial charge in [0, 0.05) is 15.3 Å². The fraction of sp³-hybridized carbons (Fsp3) is 0.143. The Kier molecular flexibility index (Phi) is 2.77. The summed E-state index contributed by atoms with van der Waals surface area (Å²) in [5.41, 5.74) is 2.78. The molecule has 1 aliphatic carbocycles. The maximum absolute atomic E-state index is 2.26. The fourth-order valence-electron chi connectivity index (χ4n) is 1.95. The molecule has 0 radical (unpaired) electrons. The zero-order chi connectivity index (χ0) is 10.8. The van der Waals surface area contributed by atoms with Gasteiger partial charge in [-0.05, 0) is 41.3 Å². The van der Waals surface area contributed by atoms with Crippen molar-refractivity contribution in [1.82, 2.24) is 0 Å². The number of fused-ring (bicyclic) bond motifs is 3. The molecule has 0 amide bonds. The molecule has 2 heterocycles. The normalized spacial score (nSPS) is 18.5. The lowest BCUT2D eigenvalue weighted by atomic mass is 10.1. The van der Waals surface area contributed by atoms with E-state index in [0.717, 1.165) is 12.8 Å². The predicted molar refractivity (Wildman–Crippen MR) is 74.1 cm³/mol. The van der Waals surface area contributed by atoms with Crippen LogP contribution in [-0.2, 0) is 6.42 Å². The minimum atomic E-state index is 1.14. The van der Waals surface area contributed by atoms with Gasteiger partial charge in [-0.2, -0.15) is 0 Å². The molecule has 0 aliphatic heterocycles. The van der Waals surface area contributed by atoms with E-state index in [1.54, 1.807) is 0 Å². The molecule has 1 aliphatic rings. The monoisotopic (exact) mass is 244 g/mol. The van der Waals surface area contributed by atoms with Gasteiger partial charge in [0.25, 0.3) is 0 Å². The molecule has 0 N–H and O–H groups in total. The van der Waals surface area contributed by atoms with Crippen LogP contribution in [0.15, 0.2) is 41.1 Å². The molecule has 0 saturated heterocycles. The summed E-state index contributed by atoms with van der Waals surface area (Å²) in [6, 6.07) is 4.46. The molecule has 0 unspecified atom stereocenters. The first-order valence-electron chi connectivity index (χ1n) is 5.42. The summed E-state index contributed by atoms with van der Waals surface area (Å²) in [4.78, 5) is 2.94. The molecular formula is C14H12S2. The molecule has 80 valence electrons. The van der Waals surface area contributed by atoms with Gasteiger partial charge in [-0.25, -0.2) is 0 Å². The van der Waals surface area contributed by atoms with Gasteiger partial charge in [0.05, 0.1) is 0 Å². The summed E-state index contributed by atoms with van der Waals surface area (Å²) in [6.07, 6.45) is 11.0. The lowest BCUT2D eigenvalue weighted by molar-refractivity contribution is 1.03. The number of aryl methyl sites for hydroxylation is 1. The Morgan fingerprint density at radius 1 is 1.00 bits per heavy atom. The van der Waals surface area contributed by atoms with E-state index < -0.39 is 0 Å². The molecule has 0 nitrogen and oxygen atoms in total. The number of allylic oxidation sites excluding steroid dienone is 3. The molecule has 3 rings (SSSR count). The second kappa shape index (κ2) is 4.40. The molecular weight excluding hydrogens is 232 g/mol. The lowest BCUT2D eigenvalue weighted by Crippen LogP contribution is -1.83. The van der Waals surface area contributed by atoms with Crippen LogP contribution < -0.4 is 0 Å². The van der Waals surface area contributed by atoms with Crippen LogP contribution in [0, 0.1) is 0 Å². The standard InChI is InChI=1S/C14H12S2/c1-2-4-6-13-12(8-10-15-13)14-11(5-3-1)7-9-16-14/h1-3,5,7-10H,4,6H2/b2-1-,5-3-. The fourth-order valence-corrected chi connectivity index (χ4v) is 3.86. The molecule has 2 heteroatoms. The number of hydrogen-bond donors (Lipinski definition) is 0. The first-order valence-corrected chi connectivity index (χ1v) is 7.18. The molecule has 0 aromatic carbocycles. The van der Waals surface area contributed by atoms with Crippen molar-refractivity contribution in [2.45, 2.75) is 12.8 Å². The van der Waals surface area contributed by atoms with Crippen LogP contribution in [0.3, 0.4) is 0 Å². The minimum absolute atomic E-state index is 1.14. The largest absolute Gasteiger partial charge is 0.148 e. The Morgan fingerprint density at radius 3 is 2.94 bits per heavy atom. The van der Waals surface area contributed by atoms with Crippen molar-refractivity contribution in [2.24, 2.45) is 0 Å². The van der Waals surface area contributed by atoms with Crippen LogP contribution >= 0.6 is 22.7 Å². The average molecular weight is 244 g/mol. The Labute approximate surface area is 104 Å². The van der Waals surface area contributed by atoms with Gasteiger partial charge in [0.15, 0.2) is 0 Å². The summed E-state index contributed by atoms with van der Waals surface area (Å²) in [5, 5.41) is 4.39. The molecule has 16 heavy (non-hydrogen) atoms. The van der Waals surface area contributed by atoms with Crippen molar-refractivity contribution in [3.63, 3.8) is 0 Å². The van der Waals surface area contributed by atoms with Crippen molar-refractivity contribution in [3.8, 4) is 10.4 Å². The van der Waals surface area contributed by atoms with Crippen molar-refractivity contribution in [1.29, 1.82) is 0 Å². The smallest absolute Gasteiger partial charge is 0.0426 e. The Bertz CT molecular complexity index is 541. The number of hydrogen-bond acceptors (Lipinski definition) is 2. The molecule has 2 aromatic rings. The average Bonchev–Trinajstić information content (AvgIpc) is 2.92. The Balaban J connectivity index is 2.18. The van der Waals surface area contributed by atoms with Gasteiger partial charge in [0.1, 0.15) is 0 Å². The SMILES string of the molecule is C1=C\CCc2sccc2-c2sccc2\C=C/1. The van der Waals surface area contributed by atoms with Gasteiger partial charge in [-0.15, -0.1) is 22.7 Å². The molecule has 0 atom stereocenters. The van der Waals surface area contributed by atoms with E-state index in [1.807, 2.05) is 22.7 Å². The molecule has 0 saturated carbocycles. The molecule has 0 bridgehead atoms. The van der Waals surface area contributed by atoms with E-state index in [4.69, 9.17) is 0 Å². The topological polar surface area (TPSA) is 0 Å². The van der Waals surface area contributed by atoms with Crippen molar-refractivity contribution in [2.75, 3.05) is 0 Å². The predicted octanol–water partition coefficient (Wildman–Crippen LogP) is 4.99. The highest BCUT2D eigenvalue weighted by molar-refractivity contribution is 7.15. The highest BCUT2D eigenvalue weighted by atomic mass is 32.1. The molecule has 2 aromatic heterocycles. The Morgan fingerprint density at radius 2 is 1.94 bits per heavy atom. The summed E-state index contributed by atoms with van der Waals surface area (Å²) >= 11 is 3.72. The maximum atomic E-state index is 2.26. The van der Waals surface area contributed by atoms with Gasteiger partial charge < -0.3 is 0 Å². The second-order valence-electron chi connectivity index (χ2n) is 3.79. The third-order valence-corrected chi connectivity index (χ3v) is 4.69. The van der Waals surface area contributed by atoms with Crippen LogP contribution in [-0.4, -0.2) is 0 Å². The van der Waals surface area contributed by atoms with Gasteiger partial charge in [-0.1, -0.05) is 24.3 Å². The van der Waals surface area contributed by atoms with Crippen LogP contribution in [0.25, 0.3) is 16.5 Å². The maximum Gasteiger partial charge on any atom is 0.0426 e. The lowest BCUT2D eigenvalue weighted by Gasteiger charge is -2.03. The first kappa shape index (κ1) is 10.1. The summed E-state index contributed by atoms with van der Waals surface area (Å²) in [6.45, 7) is 0. The molecule has 0 spiro atoms. The Hall–Kier alpha value is -1.12. The van der Waals surface area contributed by atoms with Crippen molar-refractivity contribution in [3.05, 3.63) is 51.6 Å². The van der Waals surface area contributed by atoms with Crippen LogP contribution in [0.4, 0.5) is 0 Å². The van der Waals surface area contributed by atoms with E-state index in [2.05, 4.69) is 47.2 Å². The van der Waals surface area contributed by atoms with Crippen LogP contribution in [0.5, 0.6) is 0 Å². The van der Waals surface area contributed by atoms with Gasteiger partial charge in [0.2, 0.25) is 0 Å². The zero-order valence-electron chi connectivity index (χ0n) is 8.85. The highest BCUT2D eigenvalue weighted by Crippen LogP contribution is 2.36. The number of thiophene rings is 2. The van der Waals surface area contributed by atoms with Crippen molar-refractivity contribution >= 4 is 28.7 Å².